The van der Waals surface area contributed by atoms with Crippen LogP contribution in [0.1, 0.15) is 6.42 Å². The third-order valence-electron chi connectivity index (χ3n) is 3.90. The third-order valence-corrected chi connectivity index (χ3v) is 6.60. The number of aromatic hydroxyl groups is 1. The molecule has 1 aromatic carbocycles. The minimum absolute atomic E-state index is 0.00902. The maximum Gasteiger partial charge on any atom is 0.252 e. The second kappa shape index (κ2) is 8.37. The molecule has 2 heterocycles. The highest BCUT2D eigenvalue weighted by atomic mass is 79.9. The van der Waals surface area contributed by atoms with Crippen molar-refractivity contribution in [2.45, 2.75) is 26.1 Å². The second-order valence-electron chi connectivity index (χ2n) is 7.53. The zero-order valence-corrected chi connectivity index (χ0v) is 19.8. The molecule has 10 heteroatoms. The fraction of sp³-hybridized carbons (Fsp3) is 0.316. The maximum absolute atomic E-state index is 12.4. The van der Waals surface area contributed by atoms with Crippen LogP contribution in [0.3, 0.4) is 0 Å². The Bertz CT molecular complexity index is 1130. The summed E-state index contributed by atoms with van der Waals surface area (Å²) >= 11 is 3.23. The van der Waals surface area contributed by atoms with Gasteiger partial charge in [-0.1, -0.05) is 34.1 Å². The number of nitrogens with zero attached hydrogens (tertiary/aromatic N) is 1. The number of nitrogens with one attached hydrogen (secondary N) is 1. The Hall–Kier alpha value is -2.04. The van der Waals surface area contributed by atoms with Crippen LogP contribution in [0, 0.1) is 0 Å². The number of halogens is 1. The van der Waals surface area contributed by atoms with Crippen LogP contribution < -0.4 is 9.15 Å². The van der Waals surface area contributed by atoms with E-state index in [2.05, 4.69) is 25.6 Å². The number of hydrogen-bond donors (Lipinski definition) is 2. The summed E-state index contributed by atoms with van der Waals surface area (Å²) in [5, 5.41) is 12.2. The quantitative estimate of drug-likeness (QED) is 0.336. The van der Waals surface area contributed by atoms with Crippen LogP contribution in [0.4, 0.5) is 5.88 Å². The molecule has 0 aliphatic rings. The van der Waals surface area contributed by atoms with E-state index in [9.17, 15) is 13.5 Å². The Labute approximate surface area is 179 Å². The van der Waals surface area contributed by atoms with E-state index >= 15 is 0 Å². The molecule has 0 fully saturated rings. The molecule has 0 aliphatic carbocycles. The molecule has 3 aromatic rings. The Balaban J connectivity index is 2.07. The SMILES string of the molecule is C[Si](C)(C)Oc1c(NS(=O)(=O)CCCBr)oc(-c2cnc3ccccc3c2)c1O. The van der Waals surface area contributed by atoms with Gasteiger partial charge < -0.3 is 13.9 Å². The number of furan rings is 1. The van der Waals surface area contributed by atoms with Crippen LogP contribution in [0.2, 0.25) is 19.6 Å². The molecule has 0 spiro atoms. The van der Waals surface area contributed by atoms with Crippen molar-refractivity contribution in [3.05, 3.63) is 36.5 Å². The average molecular weight is 499 g/mol. The summed E-state index contributed by atoms with van der Waals surface area (Å²) in [6.07, 6.45) is 2.01. The molecule has 3 rings (SSSR count). The van der Waals surface area contributed by atoms with Crippen molar-refractivity contribution in [2.75, 3.05) is 15.8 Å². The third kappa shape index (κ3) is 5.31. The van der Waals surface area contributed by atoms with E-state index in [1.807, 2.05) is 50.0 Å². The zero-order chi connectivity index (χ0) is 21.2. The number of alkyl halides is 1. The highest BCUT2D eigenvalue weighted by molar-refractivity contribution is 9.09. The molecule has 0 aliphatic heterocycles. The maximum atomic E-state index is 12.4. The number of hydrogen-bond acceptors (Lipinski definition) is 6. The average Bonchev–Trinajstić information content (AvgIpc) is 2.93. The number of anilines is 1. The fourth-order valence-corrected chi connectivity index (χ4v) is 5.20. The lowest BCUT2D eigenvalue weighted by Crippen LogP contribution is -2.29. The van der Waals surface area contributed by atoms with Gasteiger partial charge in [0.2, 0.25) is 29.8 Å². The van der Waals surface area contributed by atoms with Crippen LogP contribution in [0.5, 0.6) is 11.5 Å². The van der Waals surface area contributed by atoms with Crippen molar-refractivity contribution in [2.24, 2.45) is 0 Å². The van der Waals surface area contributed by atoms with Crippen LogP contribution in [-0.2, 0) is 10.0 Å². The lowest BCUT2D eigenvalue weighted by molar-refractivity contribution is 0.440. The van der Waals surface area contributed by atoms with E-state index in [-0.39, 0.29) is 28.9 Å². The second-order valence-corrected chi connectivity index (χ2v) is 14.6. The lowest BCUT2D eigenvalue weighted by atomic mass is 10.1. The summed E-state index contributed by atoms with van der Waals surface area (Å²) in [5.74, 6) is -0.339. The molecule has 0 bridgehead atoms. The van der Waals surface area contributed by atoms with Crippen LogP contribution in [0.15, 0.2) is 40.9 Å². The van der Waals surface area contributed by atoms with E-state index in [4.69, 9.17) is 8.84 Å². The van der Waals surface area contributed by atoms with E-state index in [0.29, 0.717) is 17.3 Å². The number of para-hydroxylation sites is 1. The first-order chi connectivity index (χ1) is 13.6. The Kier molecular flexibility index (Phi) is 6.25. The standard InChI is InChI=1S/C19H23BrN2O5SSi/c1-29(2,3)27-18-16(23)17(26-19(18)22-28(24,25)10-6-9-20)14-11-13-7-4-5-8-15(13)21-12-14/h4-5,7-8,11-12,22-23H,6,9-10H2,1-3H3. The van der Waals surface area contributed by atoms with Gasteiger partial charge in [0, 0.05) is 22.5 Å². The summed E-state index contributed by atoms with van der Waals surface area (Å²) in [6, 6.07) is 9.37. The normalized spacial score (nSPS) is 12.3. The highest BCUT2D eigenvalue weighted by Gasteiger charge is 2.30. The first-order valence-electron chi connectivity index (χ1n) is 9.06. The topological polar surface area (TPSA) is 102 Å². The molecule has 0 radical (unpaired) electrons. The van der Waals surface area contributed by atoms with Gasteiger partial charge in [0.25, 0.3) is 5.88 Å². The van der Waals surface area contributed by atoms with Crippen LogP contribution in [-0.4, -0.2) is 37.9 Å². The van der Waals surface area contributed by atoms with Crippen molar-refractivity contribution in [1.29, 1.82) is 0 Å². The molecular weight excluding hydrogens is 476 g/mol. The zero-order valence-electron chi connectivity index (χ0n) is 16.4. The van der Waals surface area contributed by atoms with E-state index in [0.717, 1.165) is 10.9 Å². The first kappa shape index (κ1) is 21.7. The van der Waals surface area contributed by atoms with Gasteiger partial charge >= 0.3 is 0 Å². The van der Waals surface area contributed by atoms with Crippen molar-refractivity contribution in [3.63, 3.8) is 0 Å². The molecule has 2 N–H and O–H groups in total. The van der Waals surface area contributed by atoms with Gasteiger partial charge in [-0.25, -0.2) is 13.1 Å². The largest absolute Gasteiger partial charge is 0.538 e. The van der Waals surface area contributed by atoms with Gasteiger partial charge in [0.1, 0.15) is 0 Å². The highest BCUT2D eigenvalue weighted by Crippen LogP contribution is 2.47. The first-order valence-corrected chi connectivity index (χ1v) is 15.2. The number of benzene rings is 1. The number of fused-ring (bicyclic) bond motifs is 1. The van der Waals surface area contributed by atoms with Gasteiger partial charge in [-0.05, 0) is 38.2 Å². The number of sulfonamides is 1. The van der Waals surface area contributed by atoms with E-state index in [1.54, 1.807) is 6.20 Å². The molecule has 0 atom stereocenters. The lowest BCUT2D eigenvalue weighted by Gasteiger charge is -2.19. The van der Waals surface area contributed by atoms with Gasteiger partial charge in [0.05, 0.1) is 11.3 Å². The predicted molar refractivity (Wildman–Crippen MR) is 121 cm³/mol. The Morgan fingerprint density at radius 2 is 2.00 bits per heavy atom. The molecule has 156 valence electrons. The monoisotopic (exact) mass is 498 g/mol. The minimum Gasteiger partial charge on any atom is -0.538 e. The summed E-state index contributed by atoms with van der Waals surface area (Å²) < 4.78 is 38.9. The smallest absolute Gasteiger partial charge is 0.252 e. The van der Waals surface area contributed by atoms with Gasteiger partial charge in [-0.15, -0.1) is 0 Å². The molecule has 0 amide bonds. The predicted octanol–water partition coefficient (Wildman–Crippen LogP) is 4.94. The molecular formula is C19H23BrN2O5SSi. The van der Waals surface area contributed by atoms with Gasteiger partial charge in [-0.2, -0.15) is 0 Å². The van der Waals surface area contributed by atoms with Crippen molar-refractivity contribution < 1.29 is 22.4 Å². The number of pyridine rings is 1. The van der Waals surface area contributed by atoms with Crippen LogP contribution in [0.25, 0.3) is 22.2 Å². The van der Waals surface area contributed by atoms with Crippen molar-refractivity contribution >= 4 is 51.1 Å². The molecule has 2 aromatic heterocycles. The van der Waals surface area contributed by atoms with Gasteiger partial charge in [0.15, 0.2) is 5.76 Å². The van der Waals surface area contributed by atoms with Gasteiger partial charge in [-0.3, -0.25) is 4.98 Å². The Morgan fingerprint density at radius 3 is 2.69 bits per heavy atom. The number of aromatic nitrogens is 1. The van der Waals surface area contributed by atoms with Crippen molar-refractivity contribution in [3.8, 4) is 22.8 Å². The fourth-order valence-electron chi connectivity index (χ4n) is 2.70. The molecule has 0 saturated heterocycles. The number of rotatable bonds is 8. The van der Waals surface area contributed by atoms with Crippen molar-refractivity contribution in [1.82, 2.24) is 4.98 Å². The molecule has 29 heavy (non-hydrogen) atoms. The summed E-state index contributed by atoms with van der Waals surface area (Å²) in [4.78, 5) is 4.38. The minimum atomic E-state index is -3.66. The van der Waals surface area contributed by atoms with Crippen LogP contribution >= 0.6 is 15.9 Å². The summed E-state index contributed by atoms with van der Waals surface area (Å²) in [7, 11) is -5.83. The summed E-state index contributed by atoms with van der Waals surface area (Å²) in [5.41, 5.74) is 1.32. The molecule has 0 saturated carbocycles. The molecule has 0 unspecified atom stereocenters. The summed E-state index contributed by atoms with van der Waals surface area (Å²) in [6.45, 7) is 5.79. The van der Waals surface area contributed by atoms with E-state index < -0.39 is 18.3 Å². The van der Waals surface area contributed by atoms with E-state index in [1.165, 1.54) is 0 Å². The Morgan fingerprint density at radius 1 is 1.28 bits per heavy atom. The molecule has 7 nitrogen and oxygen atoms in total.